The van der Waals surface area contributed by atoms with Gasteiger partial charge in [-0.3, -0.25) is 4.79 Å². The topological polar surface area (TPSA) is 84.8 Å². The number of alkyl halides is 3. The Morgan fingerprint density at radius 3 is 2.63 bits per heavy atom. The number of carbonyl (C=O) groups is 1. The van der Waals surface area contributed by atoms with E-state index in [0.29, 0.717) is 26.1 Å². The second-order valence-corrected chi connectivity index (χ2v) is 6.83. The van der Waals surface area contributed by atoms with Crippen LogP contribution in [0.2, 0.25) is 0 Å². The van der Waals surface area contributed by atoms with Gasteiger partial charge >= 0.3 is 12.1 Å². The van der Waals surface area contributed by atoms with Gasteiger partial charge in [0.15, 0.2) is 6.29 Å². The van der Waals surface area contributed by atoms with Gasteiger partial charge in [0, 0.05) is 32.1 Å². The fourth-order valence-corrected chi connectivity index (χ4v) is 3.40. The summed E-state index contributed by atoms with van der Waals surface area (Å²) in [7, 11) is 0. The van der Waals surface area contributed by atoms with E-state index in [1.54, 1.807) is 4.90 Å². The summed E-state index contributed by atoms with van der Waals surface area (Å²) < 4.78 is 49.6. The Bertz CT molecular complexity index is 635. The number of piperidine rings is 1. The Balaban J connectivity index is 1.69. The van der Waals surface area contributed by atoms with Crippen LogP contribution in [0.25, 0.3) is 0 Å². The molecule has 2 aliphatic rings. The first-order chi connectivity index (χ1) is 12.8. The summed E-state index contributed by atoms with van der Waals surface area (Å²) in [5.74, 6) is -0.925. The molecule has 0 aromatic carbocycles. The lowest BCUT2D eigenvalue weighted by Gasteiger charge is -2.40. The lowest BCUT2D eigenvalue weighted by atomic mass is 9.90. The Labute approximate surface area is 154 Å². The molecular weight excluding hydrogens is 367 g/mol. The van der Waals surface area contributed by atoms with Crippen molar-refractivity contribution in [3.8, 4) is 0 Å². The van der Waals surface area contributed by atoms with Gasteiger partial charge in [-0.1, -0.05) is 0 Å². The fourth-order valence-electron chi connectivity index (χ4n) is 3.40. The third-order valence-electron chi connectivity index (χ3n) is 4.85. The summed E-state index contributed by atoms with van der Waals surface area (Å²) in [6.07, 6.45) is -0.590. The van der Waals surface area contributed by atoms with Crippen LogP contribution in [0, 0.1) is 5.92 Å². The number of anilines is 1. The van der Waals surface area contributed by atoms with Crippen LogP contribution < -0.4 is 4.90 Å². The van der Waals surface area contributed by atoms with E-state index in [1.807, 2.05) is 0 Å². The summed E-state index contributed by atoms with van der Waals surface area (Å²) >= 11 is 0. The highest BCUT2D eigenvalue weighted by Gasteiger charge is 2.36. The highest BCUT2D eigenvalue weighted by molar-refractivity contribution is 5.67. The highest BCUT2D eigenvalue weighted by Crippen LogP contribution is 2.31. The predicted octanol–water partition coefficient (Wildman–Crippen LogP) is 2.71. The fraction of sp³-hybridized carbons (Fsp3) is 0.706. The number of aliphatic carboxylic acids is 1. The van der Waals surface area contributed by atoms with Crippen molar-refractivity contribution >= 4 is 11.9 Å². The molecule has 2 aliphatic heterocycles. The largest absolute Gasteiger partial charge is 0.481 e. The molecular formula is C17H22F3N3O4. The molecule has 150 valence electrons. The maximum absolute atomic E-state index is 12.7. The summed E-state index contributed by atoms with van der Waals surface area (Å²) in [6.45, 7) is 1.37. The normalized spacial score (nSPS) is 26.8. The third kappa shape index (κ3) is 5.29. The average Bonchev–Trinajstić information content (AvgIpc) is 2.63. The number of halogens is 3. The Morgan fingerprint density at radius 1 is 1.30 bits per heavy atom. The Kier molecular flexibility index (Phi) is 6.15. The van der Waals surface area contributed by atoms with Gasteiger partial charge in [0.1, 0.15) is 0 Å². The van der Waals surface area contributed by atoms with Crippen LogP contribution in [-0.4, -0.2) is 53.1 Å². The highest BCUT2D eigenvalue weighted by atomic mass is 19.4. The maximum atomic E-state index is 12.7. The molecule has 0 radical (unpaired) electrons. The van der Waals surface area contributed by atoms with E-state index in [-0.39, 0.29) is 24.6 Å². The molecule has 27 heavy (non-hydrogen) atoms. The number of aromatic nitrogens is 2. The van der Waals surface area contributed by atoms with Crippen molar-refractivity contribution in [3.05, 3.63) is 18.0 Å². The minimum absolute atomic E-state index is 0.0287. The molecule has 0 bridgehead atoms. The average molecular weight is 389 g/mol. The summed E-state index contributed by atoms with van der Waals surface area (Å²) in [5, 5.41) is 9.15. The maximum Gasteiger partial charge on any atom is 0.419 e. The third-order valence-corrected chi connectivity index (χ3v) is 4.85. The molecule has 3 heterocycles. The van der Waals surface area contributed by atoms with Crippen molar-refractivity contribution in [2.24, 2.45) is 5.92 Å². The van der Waals surface area contributed by atoms with Gasteiger partial charge in [0.25, 0.3) is 0 Å². The standard InChI is InChI=1S/C17H22F3N3O4/c18-17(19,20)12-8-21-16(22-9-12)23-5-4-11(7-14(24)25)13(10-23)27-15-3-1-2-6-26-15/h8-9,11,13,15H,1-7,10H2,(H,24,25). The van der Waals surface area contributed by atoms with Crippen molar-refractivity contribution < 1.29 is 32.5 Å². The van der Waals surface area contributed by atoms with Gasteiger partial charge in [-0.15, -0.1) is 0 Å². The first kappa shape index (κ1) is 19.8. The van der Waals surface area contributed by atoms with E-state index in [0.717, 1.165) is 31.7 Å². The number of nitrogens with zero attached hydrogens (tertiary/aromatic N) is 3. The molecule has 7 nitrogen and oxygen atoms in total. The van der Waals surface area contributed by atoms with Gasteiger partial charge in [-0.05, 0) is 31.6 Å². The first-order valence-electron chi connectivity index (χ1n) is 8.96. The van der Waals surface area contributed by atoms with E-state index >= 15 is 0 Å². The predicted molar refractivity (Wildman–Crippen MR) is 88.1 cm³/mol. The molecule has 3 rings (SSSR count). The quantitative estimate of drug-likeness (QED) is 0.829. The van der Waals surface area contributed by atoms with E-state index in [2.05, 4.69) is 9.97 Å². The van der Waals surface area contributed by atoms with Gasteiger partial charge < -0.3 is 19.5 Å². The summed E-state index contributed by atoms with van der Waals surface area (Å²) in [5.41, 5.74) is -0.907. The molecule has 10 heteroatoms. The number of carboxylic acid groups (broad SMARTS) is 1. The molecule has 0 spiro atoms. The molecule has 2 fully saturated rings. The number of rotatable bonds is 5. The van der Waals surface area contributed by atoms with E-state index in [4.69, 9.17) is 14.6 Å². The van der Waals surface area contributed by atoms with E-state index in [9.17, 15) is 18.0 Å². The number of carboxylic acids is 1. The molecule has 3 unspecified atom stereocenters. The van der Waals surface area contributed by atoms with Crippen molar-refractivity contribution in [1.29, 1.82) is 0 Å². The SMILES string of the molecule is O=C(O)CC1CCN(c2ncc(C(F)(F)F)cn2)CC1OC1CCCCO1. The number of hydrogen-bond acceptors (Lipinski definition) is 6. The minimum atomic E-state index is -4.49. The van der Waals surface area contributed by atoms with Crippen LogP contribution in [0.1, 0.15) is 37.7 Å². The van der Waals surface area contributed by atoms with E-state index in [1.165, 1.54) is 0 Å². The monoisotopic (exact) mass is 389 g/mol. The Morgan fingerprint density at radius 2 is 2.04 bits per heavy atom. The molecule has 2 saturated heterocycles. The summed E-state index contributed by atoms with van der Waals surface area (Å²) in [6, 6.07) is 0. The number of ether oxygens (including phenoxy) is 2. The van der Waals surface area contributed by atoms with Crippen LogP contribution in [-0.2, 0) is 20.4 Å². The van der Waals surface area contributed by atoms with Crippen molar-refractivity contribution in [3.63, 3.8) is 0 Å². The zero-order chi connectivity index (χ0) is 19.4. The van der Waals surface area contributed by atoms with Gasteiger partial charge in [0.2, 0.25) is 5.95 Å². The second-order valence-electron chi connectivity index (χ2n) is 6.83. The Hall–Kier alpha value is -1.94. The molecule has 1 N–H and O–H groups in total. The van der Waals surface area contributed by atoms with Crippen LogP contribution in [0.4, 0.5) is 19.1 Å². The second kappa shape index (κ2) is 8.39. The summed E-state index contributed by atoms with van der Waals surface area (Å²) in [4.78, 5) is 20.5. The van der Waals surface area contributed by atoms with Gasteiger partial charge in [0.05, 0.1) is 18.1 Å². The van der Waals surface area contributed by atoms with Crippen LogP contribution >= 0.6 is 0 Å². The van der Waals surface area contributed by atoms with Gasteiger partial charge in [-0.25, -0.2) is 9.97 Å². The van der Waals surface area contributed by atoms with Crippen molar-refractivity contribution in [2.75, 3.05) is 24.6 Å². The molecule has 0 saturated carbocycles. The molecule has 1 aromatic heterocycles. The van der Waals surface area contributed by atoms with Crippen LogP contribution in [0.3, 0.4) is 0 Å². The zero-order valence-corrected chi connectivity index (χ0v) is 14.7. The van der Waals surface area contributed by atoms with Gasteiger partial charge in [-0.2, -0.15) is 13.2 Å². The minimum Gasteiger partial charge on any atom is -0.481 e. The molecule has 3 atom stereocenters. The van der Waals surface area contributed by atoms with Crippen LogP contribution in [0.5, 0.6) is 0 Å². The van der Waals surface area contributed by atoms with Crippen LogP contribution in [0.15, 0.2) is 12.4 Å². The van der Waals surface area contributed by atoms with Crippen molar-refractivity contribution in [2.45, 2.75) is 50.7 Å². The molecule has 0 amide bonds. The lowest BCUT2D eigenvalue weighted by Crippen LogP contribution is -2.48. The molecule has 0 aliphatic carbocycles. The van der Waals surface area contributed by atoms with Crippen molar-refractivity contribution in [1.82, 2.24) is 9.97 Å². The number of hydrogen-bond donors (Lipinski definition) is 1. The lowest BCUT2D eigenvalue weighted by molar-refractivity contribution is -0.200. The first-order valence-corrected chi connectivity index (χ1v) is 8.96. The smallest absolute Gasteiger partial charge is 0.419 e. The van der Waals surface area contributed by atoms with E-state index < -0.39 is 23.8 Å². The zero-order valence-electron chi connectivity index (χ0n) is 14.7. The molecule has 1 aromatic rings.